The van der Waals surface area contributed by atoms with E-state index in [1.165, 1.54) is 18.4 Å². The zero-order valence-electron chi connectivity index (χ0n) is 14.9. The Bertz CT molecular complexity index is 1000. The van der Waals surface area contributed by atoms with Crippen molar-refractivity contribution in [3.8, 4) is 17.0 Å². The maximum Gasteiger partial charge on any atom is 0.226 e. The van der Waals surface area contributed by atoms with Gasteiger partial charge in [-0.25, -0.2) is 4.98 Å². The lowest BCUT2D eigenvalue weighted by Gasteiger charge is -2.08. The van der Waals surface area contributed by atoms with Gasteiger partial charge in [0.25, 0.3) is 0 Å². The molecule has 3 aromatic rings. The second-order valence-electron chi connectivity index (χ2n) is 5.86. The van der Waals surface area contributed by atoms with Crippen molar-refractivity contribution in [2.24, 2.45) is 0 Å². The molecule has 0 saturated carbocycles. The summed E-state index contributed by atoms with van der Waals surface area (Å²) in [5, 5.41) is 5.55. The van der Waals surface area contributed by atoms with E-state index in [9.17, 15) is 9.59 Å². The van der Waals surface area contributed by atoms with Gasteiger partial charge in [0.15, 0.2) is 10.9 Å². The first-order valence-corrected chi connectivity index (χ1v) is 10.4. The number of carbonyl (C=O) groups excluding carboxylic acids is 2. The van der Waals surface area contributed by atoms with Gasteiger partial charge in [0.1, 0.15) is 5.75 Å². The molecule has 8 heteroatoms. The number of benzene rings is 2. The largest absolute Gasteiger partial charge is 0.496 e. The highest BCUT2D eigenvalue weighted by atomic mass is 79.9. The number of hydrogen-bond acceptors (Lipinski definition) is 5. The van der Waals surface area contributed by atoms with Crippen LogP contribution in [0.4, 0.5) is 5.13 Å². The minimum absolute atomic E-state index is 0.0434. The molecule has 0 atom stereocenters. The Hall–Kier alpha value is -2.22. The van der Waals surface area contributed by atoms with Crippen molar-refractivity contribution in [2.45, 2.75) is 12.8 Å². The number of thiazole rings is 1. The summed E-state index contributed by atoms with van der Waals surface area (Å²) in [5.74, 6) is -0.0379. The van der Waals surface area contributed by atoms with Crippen LogP contribution in [0.2, 0.25) is 5.02 Å². The fourth-order valence-corrected chi connectivity index (χ4v) is 3.70. The number of halogens is 2. The van der Waals surface area contributed by atoms with Crippen molar-refractivity contribution in [3.05, 3.63) is 62.9 Å². The molecule has 1 N–H and O–H groups in total. The van der Waals surface area contributed by atoms with E-state index in [4.69, 9.17) is 16.3 Å². The normalized spacial score (nSPS) is 10.5. The van der Waals surface area contributed by atoms with Crippen LogP contribution >= 0.6 is 38.9 Å². The Morgan fingerprint density at radius 2 is 1.93 bits per heavy atom. The van der Waals surface area contributed by atoms with Crippen molar-refractivity contribution in [2.75, 3.05) is 12.4 Å². The first-order valence-electron chi connectivity index (χ1n) is 8.34. The minimum atomic E-state index is -0.272. The van der Waals surface area contributed by atoms with Gasteiger partial charge in [-0.2, -0.15) is 0 Å². The number of rotatable bonds is 7. The number of ether oxygens (including phenoxy) is 1. The number of methoxy groups -OCH3 is 1. The number of nitrogens with one attached hydrogen (secondary N) is 1. The number of hydrogen-bond donors (Lipinski definition) is 1. The lowest BCUT2D eigenvalue weighted by Crippen LogP contribution is -2.13. The lowest BCUT2D eigenvalue weighted by atomic mass is 10.1. The van der Waals surface area contributed by atoms with Gasteiger partial charge < -0.3 is 10.1 Å². The van der Waals surface area contributed by atoms with E-state index in [2.05, 4.69) is 26.2 Å². The molecule has 1 amide bonds. The monoisotopic (exact) mass is 478 g/mol. The van der Waals surface area contributed by atoms with Gasteiger partial charge in [-0.1, -0.05) is 39.7 Å². The molecule has 0 aliphatic carbocycles. The Balaban J connectivity index is 1.58. The van der Waals surface area contributed by atoms with Gasteiger partial charge in [0.05, 0.1) is 18.4 Å². The number of aromatic nitrogens is 1. The summed E-state index contributed by atoms with van der Waals surface area (Å²) < 4.78 is 6.17. The Labute approximate surface area is 179 Å². The molecule has 1 heterocycles. The molecule has 0 unspecified atom stereocenters. The quantitative estimate of drug-likeness (QED) is 0.433. The summed E-state index contributed by atoms with van der Waals surface area (Å²) in [6, 6.07) is 12.6. The molecule has 144 valence electrons. The van der Waals surface area contributed by atoms with E-state index < -0.39 is 0 Å². The average Bonchev–Trinajstić information content (AvgIpc) is 3.15. The third-order valence-corrected chi connectivity index (χ3v) is 5.45. The summed E-state index contributed by atoms with van der Waals surface area (Å²) in [7, 11) is 1.48. The zero-order valence-corrected chi connectivity index (χ0v) is 18.0. The Morgan fingerprint density at radius 3 is 2.64 bits per heavy atom. The van der Waals surface area contributed by atoms with Crippen molar-refractivity contribution in [1.29, 1.82) is 0 Å². The zero-order chi connectivity index (χ0) is 20.1. The molecule has 1 aromatic heterocycles. The summed E-state index contributed by atoms with van der Waals surface area (Å²) in [6.07, 6.45) is 0.0924. The highest BCUT2D eigenvalue weighted by Crippen LogP contribution is 2.27. The molecule has 2 aromatic carbocycles. The maximum atomic E-state index is 12.4. The van der Waals surface area contributed by atoms with E-state index in [1.54, 1.807) is 18.2 Å². The molecule has 5 nitrogen and oxygen atoms in total. The molecule has 28 heavy (non-hydrogen) atoms. The minimum Gasteiger partial charge on any atom is -0.496 e. The van der Waals surface area contributed by atoms with E-state index in [0.717, 1.165) is 15.7 Å². The summed E-state index contributed by atoms with van der Waals surface area (Å²) in [5.41, 5.74) is 2.12. The molecule has 0 radical (unpaired) electrons. The smallest absolute Gasteiger partial charge is 0.226 e. The van der Waals surface area contributed by atoms with E-state index in [1.807, 2.05) is 29.6 Å². The SMILES string of the molecule is COc1ccc(Cl)cc1C(=O)CCC(=O)Nc1nc(-c2ccc(Br)cc2)cs1. The molecule has 3 rings (SSSR count). The first-order chi connectivity index (χ1) is 13.5. The Kier molecular flexibility index (Phi) is 6.83. The van der Waals surface area contributed by atoms with Crippen LogP contribution in [-0.4, -0.2) is 23.8 Å². The van der Waals surface area contributed by atoms with Crippen LogP contribution in [-0.2, 0) is 4.79 Å². The molecule has 0 spiro atoms. The van der Waals surface area contributed by atoms with E-state index >= 15 is 0 Å². The predicted molar refractivity (Wildman–Crippen MR) is 115 cm³/mol. The fourth-order valence-electron chi connectivity index (χ4n) is 2.53. The highest BCUT2D eigenvalue weighted by Gasteiger charge is 2.15. The standard InChI is InChI=1S/C20H16BrClN2O3S/c1-27-18-8-6-14(22)10-15(18)17(25)7-9-19(26)24-20-23-16(11-28-20)12-2-4-13(21)5-3-12/h2-6,8,10-11H,7,9H2,1H3,(H,23,24,26). The summed E-state index contributed by atoms with van der Waals surface area (Å²) >= 11 is 10.7. The van der Waals surface area contributed by atoms with Crippen LogP contribution in [0.15, 0.2) is 52.3 Å². The fraction of sp³-hybridized carbons (Fsp3) is 0.150. The van der Waals surface area contributed by atoms with Gasteiger partial charge in [-0.3, -0.25) is 9.59 Å². The second kappa shape index (κ2) is 9.32. The van der Waals surface area contributed by atoms with Gasteiger partial charge in [0, 0.05) is 33.3 Å². The third-order valence-electron chi connectivity index (χ3n) is 3.93. The highest BCUT2D eigenvalue weighted by molar-refractivity contribution is 9.10. The van der Waals surface area contributed by atoms with Gasteiger partial charge in [-0.15, -0.1) is 11.3 Å². The summed E-state index contributed by atoms with van der Waals surface area (Å²) in [4.78, 5) is 29.0. The molecule has 0 aliphatic rings. The van der Waals surface area contributed by atoms with Crippen LogP contribution < -0.4 is 10.1 Å². The molecule has 0 aliphatic heterocycles. The van der Waals surface area contributed by atoms with Crippen molar-refractivity contribution in [1.82, 2.24) is 4.98 Å². The van der Waals surface area contributed by atoms with Gasteiger partial charge in [0.2, 0.25) is 5.91 Å². The van der Waals surface area contributed by atoms with Crippen LogP contribution in [0.1, 0.15) is 23.2 Å². The van der Waals surface area contributed by atoms with Crippen LogP contribution in [0.25, 0.3) is 11.3 Å². The number of anilines is 1. The number of amides is 1. The molecule has 0 saturated heterocycles. The average molecular weight is 480 g/mol. The van der Waals surface area contributed by atoms with Crippen molar-refractivity contribution in [3.63, 3.8) is 0 Å². The van der Waals surface area contributed by atoms with Crippen LogP contribution in [0.5, 0.6) is 5.75 Å². The number of ketones is 1. The summed E-state index contributed by atoms with van der Waals surface area (Å²) in [6.45, 7) is 0. The molecule has 0 fully saturated rings. The molecular weight excluding hydrogens is 464 g/mol. The van der Waals surface area contributed by atoms with Gasteiger partial charge in [-0.05, 0) is 30.3 Å². The van der Waals surface area contributed by atoms with Crippen molar-refractivity contribution < 1.29 is 14.3 Å². The van der Waals surface area contributed by atoms with Gasteiger partial charge >= 0.3 is 0 Å². The van der Waals surface area contributed by atoms with Crippen molar-refractivity contribution >= 4 is 55.7 Å². The number of nitrogens with zero attached hydrogens (tertiary/aromatic N) is 1. The van der Waals surface area contributed by atoms with Crippen LogP contribution in [0.3, 0.4) is 0 Å². The third kappa shape index (κ3) is 5.19. The predicted octanol–water partition coefficient (Wildman–Crippen LogP) is 5.84. The first kappa shape index (κ1) is 20.5. The molecule has 0 bridgehead atoms. The van der Waals surface area contributed by atoms with E-state index in [-0.39, 0.29) is 24.5 Å². The lowest BCUT2D eigenvalue weighted by molar-refractivity contribution is -0.116. The van der Waals surface area contributed by atoms with E-state index in [0.29, 0.717) is 21.5 Å². The van der Waals surface area contributed by atoms with Crippen LogP contribution in [0, 0.1) is 0 Å². The second-order valence-corrected chi connectivity index (χ2v) is 8.07. The maximum absolute atomic E-state index is 12.4. The number of Topliss-reactive ketones (excluding diaryl/α,β-unsaturated/α-hetero) is 1. The molecular formula is C20H16BrClN2O3S. The number of carbonyl (C=O) groups is 2. The topological polar surface area (TPSA) is 68.3 Å². The Morgan fingerprint density at radius 1 is 1.18 bits per heavy atom.